The molecule has 2 heterocycles. The van der Waals surface area contributed by atoms with Gasteiger partial charge in [-0.25, -0.2) is 9.59 Å². The lowest BCUT2D eigenvalue weighted by Gasteiger charge is -2.24. The fourth-order valence-electron chi connectivity index (χ4n) is 8.01. The average molecular weight is 747 g/mol. The van der Waals surface area contributed by atoms with Gasteiger partial charge in [-0.3, -0.25) is 4.79 Å². The Hall–Kier alpha value is -4.73. The van der Waals surface area contributed by atoms with Gasteiger partial charge >= 0.3 is 17.9 Å². The van der Waals surface area contributed by atoms with Crippen LogP contribution in [0.3, 0.4) is 0 Å². The minimum Gasteiger partial charge on any atom is -0.504 e. The van der Waals surface area contributed by atoms with E-state index in [-0.39, 0.29) is 47.3 Å². The van der Waals surface area contributed by atoms with E-state index in [1.807, 2.05) is 0 Å². The molecule has 6 rings (SSSR count). The van der Waals surface area contributed by atoms with Crippen LogP contribution in [0.4, 0.5) is 0 Å². The summed E-state index contributed by atoms with van der Waals surface area (Å²) in [5.74, 6) is 0.199. The third-order valence-electron chi connectivity index (χ3n) is 10.9. The topological polar surface area (TPSA) is 149 Å². The van der Waals surface area contributed by atoms with E-state index >= 15 is 0 Å². The molecule has 0 spiro atoms. The zero-order valence-corrected chi connectivity index (χ0v) is 32.3. The van der Waals surface area contributed by atoms with Gasteiger partial charge < -0.3 is 34.3 Å². The minimum atomic E-state index is -1.08. The molecule has 6 atom stereocenters. The summed E-state index contributed by atoms with van der Waals surface area (Å²) in [5.41, 5.74) is 2.73. The van der Waals surface area contributed by atoms with Crippen molar-refractivity contribution >= 4 is 24.0 Å². The number of carbonyl (C=O) groups excluding carboxylic acids is 2. The second-order valence-corrected chi connectivity index (χ2v) is 14.4. The van der Waals surface area contributed by atoms with Crippen molar-refractivity contribution in [3.8, 4) is 23.0 Å². The number of allylic oxidation sites excluding steroid dienone is 2. The van der Waals surface area contributed by atoms with Crippen molar-refractivity contribution < 1.29 is 48.7 Å². The summed E-state index contributed by atoms with van der Waals surface area (Å²) in [6, 6.07) is 8.02. The Kier molecular flexibility index (Phi) is 16.1. The number of fused-ring (bicyclic) bond motifs is 2. The molecule has 54 heavy (non-hydrogen) atoms. The molecule has 0 radical (unpaired) electrons. The number of cyclic esters (lactones) is 2. The van der Waals surface area contributed by atoms with E-state index in [2.05, 4.69) is 26.5 Å². The molecule has 3 fully saturated rings. The van der Waals surface area contributed by atoms with Gasteiger partial charge in [0.15, 0.2) is 23.0 Å². The monoisotopic (exact) mass is 746 g/mol. The number of ether oxygens (including phenoxy) is 4. The van der Waals surface area contributed by atoms with Crippen molar-refractivity contribution in [1.82, 2.24) is 0 Å². The van der Waals surface area contributed by atoms with Gasteiger partial charge in [0.2, 0.25) is 0 Å². The molecule has 4 aliphatic rings. The highest BCUT2D eigenvalue weighted by atomic mass is 16.6. The first kappa shape index (κ1) is 42.0. The van der Waals surface area contributed by atoms with Gasteiger partial charge in [0.05, 0.1) is 20.1 Å². The summed E-state index contributed by atoms with van der Waals surface area (Å²) in [6.07, 6.45) is 21.7. The number of phenols is 2. The van der Waals surface area contributed by atoms with Gasteiger partial charge in [-0.05, 0) is 86.4 Å². The number of hydrogen-bond acceptors (Lipinski definition) is 9. The summed E-state index contributed by atoms with van der Waals surface area (Å²) >= 11 is 0. The number of carboxylic acids is 1. The van der Waals surface area contributed by atoms with E-state index in [0.29, 0.717) is 28.7 Å². The molecule has 10 heteroatoms. The molecule has 2 aliphatic carbocycles. The van der Waals surface area contributed by atoms with E-state index in [1.165, 1.54) is 83.8 Å². The van der Waals surface area contributed by atoms with Gasteiger partial charge in [-0.2, -0.15) is 0 Å². The molecule has 2 aromatic rings. The molecule has 0 bridgehead atoms. The minimum absolute atomic E-state index is 0.000919. The number of methoxy groups -OCH3 is 2. The van der Waals surface area contributed by atoms with Crippen LogP contribution in [0.2, 0.25) is 0 Å². The molecule has 2 saturated heterocycles. The third kappa shape index (κ3) is 10.7. The van der Waals surface area contributed by atoms with E-state index < -0.39 is 11.9 Å². The van der Waals surface area contributed by atoms with Crippen molar-refractivity contribution in [1.29, 1.82) is 0 Å². The SMILES string of the molecule is C=CC(c1ccc(O)c(OC)c1)c1cc(/C=C/C(=O)O)cc(OC)c1O.CCCC[C@@H]1OC(=O)C2=CCCC[C@H]21.CCCC[C@@H]1OC(=O)[C@H]2CCCC[C@@H]12. The standard InChI is InChI=1S/C20H20O6.C12H20O2.C12H18O2/c1-4-14(13-6-7-16(21)17(11-13)25-2)15-9-12(5-8-19(22)23)10-18(26-3)20(15)24;2*1-2-3-8-11-9-6-4-5-7-10(9)12(13)14-11/h4-11,14,21,24H,1H2,2-3H3,(H,22,23);9-11H,2-8H2,1H3;7,9,11H,2-6,8H2,1H3/b8-5+;;/t;9-,10+,11+;9-,11+/m.11/s1. The number of aromatic hydroxyl groups is 2. The van der Waals surface area contributed by atoms with Crippen LogP contribution in [-0.4, -0.2) is 59.7 Å². The molecule has 10 nitrogen and oxygen atoms in total. The van der Waals surface area contributed by atoms with E-state index in [0.717, 1.165) is 49.3 Å². The molecule has 3 N–H and O–H groups in total. The van der Waals surface area contributed by atoms with E-state index in [1.54, 1.807) is 24.3 Å². The molecule has 294 valence electrons. The van der Waals surface area contributed by atoms with Crippen LogP contribution < -0.4 is 9.47 Å². The second kappa shape index (κ2) is 20.7. The van der Waals surface area contributed by atoms with Gasteiger partial charge in [0, 0.05) is 35.0 Å². The number of phenolic OH excluding ortho intramolecular Hbond substituents is 2. The first-order valence-electron chi connectivity index (χ1n) is 19.5. The van der Waals surface area contributed by atoms with Gasteiger partial charge in [-0.15, -0.1) is 6.58 Å². The Morgan fingerprint density at radius 2 is 1.59 bits per heavy atom. The number of esters is 2. The normalized spacial score (nSPS) is 23.3. The first-order chi connectivity index (χ1) is 26.1. The predicted octanol–water partition coefficient (Wildman–Crippen LogP) is 9.27. The molecule has 1 saturated carbocycles. The number of carbonyl (C=O) groups is 3. The fraction of sp³-hybridized carbons (Fsp3) is 0.523. The summed E-state index contributed by atoms with van der Waals surface area (Å²) in [6.45, 7) is 8.19. The largest absolute Gasteiger partial charge is 0.504 e. The molecular weight excluding hydrogens is 688 g/mol. The average Bonchev–Trinajstić information content (AvgIpc) is 3.69. The summed E-state index contributed by atoms with van der Waals surface area (Å²) in [4.78, 5) is 33.8. The maximum Gasteiger partial charge on any atom is 0.334 e. The summed E-state index contributed by atoms with van der Waals surface area (Å²) in [7, 11) is 2.86. The summed E-state index contributed by atoms with van der Waals surface area (Å²) in [5, 5.41) is 29.1. The first-order valence-corrected chi connectivity index (χ1v) is 19.5. The van der Waals surface area contributed by atoms with Crippen LogP contribution in [0.15, 0.2) is 60.7 Å². The Bertz CT molecular complexity index is 1660. The van der Waals surface area contributed by atoms with Crippen LogP contribution in [-0.2, 0) is 23.9 Å². The number of benzene rings is 2. The predicted molar refractivity (Wildman–Crippen MR) is 208 cm³/mol. The van der Waals surface area contributed by atoms with Crippen molar-refractivity contribution in [2.24, 2.45) is 17.8 Å². The number of carboxylic acid groups (broad SMARTS) is 1. The number of aliphatic carboxylic acids is 1. The number of unbranched alkanes of at least 4 members (excludes halogenated alkanes) is 2. The smallest absolute Gasteiger partial charge is 0.334 e. The van der Waals surface area contributed by atoms with Crippen LogP contribution in [0.25, 0.3) is 6.08 Å². The Labute approximate surface area is 319 Å². The van der Waals surface area contributed by atoms with Crippen molar-refractivity contribution in [3.05, 3.63) is 77.4 Å². The zero-order valence-electron chi connectivity index (χ0n) is 32.3. The van der Waals surface area contributed by atoms with Gasteiger partial charge in [0.25, 0.3) is 0 Å². The lowest BCUT2D eigenvalue weighted by Crippen LogP contribution is -2.24. The van der Waals surface area contributed by atoms with E-state index in [9.17, 15) is 24.6 Å². The Morgan fingerprint density at radius 3 is 2.26 bits per heavy atom. The third-order valence-corrected chi connectivity index (χ3v) is 10.9. The number of hydrogen-bond donors (Lipinski definition) is 3. The van der Waals surface area contributed by atoms with E-state index in [4.69, 9.17) is 24.1 Å². The molecular formula is C44H58O10. The number of rotatable bonds is 13. The molecule has 1 unspecified atom stereocenters. The maximum atomic E-state index is 11.6. The highest BCUT2D eigenvalue weighted by molar-refractivity contribution is 5.91. The fourth-order valence-corrected chi connectivity index (χ4v) is 8.01. The maximum absolute atomic E-state index is 11.6. The quantitative estimate of drug-likeness (QED) is 0.103. The van der Waals surface area contributed by atoms with Gasteiger partial charge in [0.1, 0.15) is 12.2 Å². The van der Waals surface area contributed by atoms with Gasteiger partial charge in [-0.1, -0.05) is 70.6 Å². The molecule has 0 amide bonds. The Morgan fingerprint density at radius 1 is 0.907 bits per heavy atom. The highest BCUT2D eigenvalue weighted by Gasteiger charge is 2.44. The van der Waals surface area contributed by atoms with Crippen LogP contribution >= 0.6 is 0 Å². The highest BCUT2D eigenvalue weighted by Crippen LogP contribution is 2.43. The molecule has 2 aromatic carbocycles. The molecule has 2 aliphatic heterocycles. The van der Waals surface area contributed by atoms with Crippen molar-refractivity contribution in [3.63, 3.8) is 0 Å². The Balaban J connectivity index is 0.000000195. The van der Waals surface area contributed by atoms with Crippen LogP contribution in [0.5, 0.6) is 23.0 Å². The zero-order chi connectivity index (χ0) is 39.2. The summed E-state index contributed by atoms with van der Waals surface area (Å²) < 4.78 is 21.2. The van der Waals surface area contributed by atoms with Crippen molar-refractivity contribution in [2.75, 3.05) is 14.2 Å². The lowest BCUT2D eigenvalue weighted by molar-refractivity contribution is -0.144. The van der Waals surface area contributed by atoms with Crippen molar-refractivity contribution in [2.45, 2.75) is 115 Å². The molecule has 0 aromatic heterocycles. The van der Waals surface area contributed by atoms with Crippen LogP contribution in [0.1, 0.15) is 120 Å². The second-order valence-electron chi connectivity index (χ2n) is 14.4. The van der Waals surface area contributed by atoms with Crippen LogP contribution in [0, 0.1) is 17.8 Å². The lowest BCUT2D eigenvalue weighted by atomic mass is 9.77.